The smallest absolute Gasteiger partial charge is 0.276 e. The highest BCUT2D eigenvalue weighted by atomic mass is 127. The quantitative estimate of drug-likeness (QED) is 0.00501. The normalized spacial score (nSPS) is 22.4. The van der Waals surface area contributed by atoms with Crippen molar-refractivity contribution >= 4 is 174 Å². The molecule has 112 heavy (non-hydrogen) atoms. The van der Waals surface area contributed by atoms with E-state index < -0.39 is 89.3 Å². The van der Waals surface area contributed by atoms with Crippen molar-refractivity contribution in [3.8, 4) is 0 Å². The van der Waals surface area contributed by atoms with Gasteiger partial charge in [0, 0.05) is 79.7 Å². The summed E-state index contributed by atoms with van der Waals surface area (Å²) in [6.07, 6.45) is 0.778. The number of aliphatic imine (C=N–C) groups is 1. The predicted molar refractivity (Wildman–Crippen MR) is 461 cm³/mol. The standard InChI is InChI=1S/C30H56Cl2N4O3Si3.C22H27ClIN5O6.C22H25ClIN5O6/c1-28(2,3)40(10,11)35-27-33-25(32)24-20(17-31)18-36(26(24)34-27)23-16-21(39-42(14,15)30(7,8)9)22(38-23)19-37-41(12,13)29(4,5)6;2*1-10(2)19(13-4-3-12(24)5-14(13)29(32)33)34-9-11-7-28(17-6-15(31)16(8-30)35-17)21-18(11)20(23)26-22(25)27-21/h18,21-23H,16-17,19H2,1-15H3,(H,33,34,35);3-5,7,10,15-17,19-20,30-31H,6,8-9H2,1-2H3,(H3,25,26,27);3-5,7,10,15-17,19,30-31H,6,8-9H2,1-2H3,(H2,25,26,27)/t21-,22-,23-;15-,16-,17-,19+,20?;15-,16-,17-,19+/m111/s1. The number of ether oxygens (including phenoxy) is 5. The molecule has 0 bridgehead atoms. The first-order chi connectivity index (χ1) is 52.0. The summed E-state index contributed by atoms with van der Waals surface area (Å²) in [7, 11) is -6.01. The number of nitrogens with one attached hydrogen (secondary N) is 2. The van der Waals surface area contributed by atoms with Crippen LogP contribution >= 0.6 is 91.6 Å². The van der Waals surface area contributed by atoms with E-state index in [9.17, 15) is 40.7 Å². The highest BCUT2D eigenvalue weighted by Gasteiger charge is 2.48. The van der Waals surface area contributed by atoms with Gasteiger partial charge >= 0.3 is 0 Å². The second-order valence-corrected chi connectivity index (χ2v) is 52.6. The molecule has 0 radical (unpaired) electrons. The van der Waals surface area contributed by atoms with Crippen LogP contribution in [0.2, 0.25) is 64.7 Å². The van der Waals surface area contributed by atoms with E-state index in [1.807, 2.05) is 85.1 Å². The fourth-order valence-electron chi connectivity index (χ4n) is 13.0. The summed E-state index contributed by atoms with van der Waals surface area (Å²) in [6.45, 7) is 41.9. The predicted octanol–water partition coefficient (Wildman–Crippen LogP) is 17.2. The Morgan fingerprint density at radius 2 is 1.12 bits per heavy atom. The Hall–Kier alpha value is -4.54. The van der Waals surface area contributed by atoms with Crippen LogP contribution in [0.15, 0.2) is 60.0 Å². The van der Waals surface area contributed by atoms with E-state index in [4.69, 9.17) is 95.4 Å². The van der Waals surface area contributed by atoms with Crippen molar-refractivity contribution in [2.75, 3.05) is 35.9 Å². The zero-order valence-corrected chi connectivity index (χ0v) is 77.2. The van der Waals surface area contributed by atoms with Crippen molar-refractivity contribution in [2.24, 2.45) is 22.6 Å². The Balaban J connectivity index is 0.000000194. The SMILES string of the molecule is CC(C)(C)[Si](C)(C)Nc1nc(Cl)c2c(CCl)cn([C@H]3C[C@@H](O[Si](C)(C)C(C)(C)C)[C@@H](CO[Si](C)(C)C(C)(C)C)O3)c2n1.CC(C)[C@H](OCc1cn([C@H]2C[C@@H](O)[C@@H](CO)O2)c2c1C(Cl)N=C(N)N2)c1ccc(I)cc1[N+](=O)[O-].CC(C)[C@H](OCc1cn([C@H]2C[C@@H](O)[C@@H](CO)O2)c2nc(N)nc(Cl)c12)c1ccc(I)cc1[N+](=O)[O-]. The van der Waals surface area contributed by atoms with Crippen LogP contribution in [0.4, 0.5) is 29.1 Å². The molecule has 4 aliphatic rings. The number of aromatic nitrogens is 7. The van der Waals surface area contributed by atoms with Gasteiger partial charge in [-0.2, -0.15) is 9.97 Å². The molecule has 11 rings (SSSR count). The molecule has 2 aromatic carbocycles. The van der Waals surface area contributed by atoms with Crippen LogP contribution in [-0.4, -0.2) is 151 Å². The maximum Gasteiger partial charge on any atom is 0.276 e. The lowest BCUT2D eigenvalue weighted by Crippen LogP contribution is -2.48. The zero-order chi connectivity index (χ0) is 83.1. The number of nitro groups is 2. The third-order valence-electron chi connectivity index (χ3n) is 22.4. The van der Waals surface area contributed by atoms with Crippen molar-refractivity contribution in [1.82, 2.24) is 33.6 Å². The Bertz CT molecular complexity index is 4560. The van der Waals surface area contributed by atoms with Gasteiger partial charge in [0.2, 0.25) is 11.9 Å². The Kier molecular flexibility index (Phi) is 29.7. The Morgan fingerprint density at radius 3 is 1.59 bits per heavy atom. The zero-order valence-electron chi connectivity index (χ0n) is 66.8. The molecule has 0 spiro atoms. The molecule has 12 atom stereocenters. The lowest BCUT2D eigenvalue weighted by molar-refractivity contribution is -0.386. The van der Waals surface area contributed by atoms with Crippen LogP contribution in [0.25, 0.3) is 22.1 Å². The van der Waals surface area contributed by atoms with Crippen molar-refractivity contribution < 1.29 is 62.8 Å². The number of nitrogens with zero attached hydrogens (tertiary/aromatic N) is 10. The molecule has 4 aliphatic heterocycles. The topological polar surface area (TPSA) is 387 Å². The van der Waals surface area contributed by atoms with E-state index in [0.717, 1.165) is 23.7 Å². The molecule has 38 heteroatoms. The number of hydrogen-bond acceptors (Lipinski definition) is 24. The molecule has 29 nitrogen and oxygen atoms in total. The second kappa shape index (κ2) is 36.4. The summed E-state index contributed by atoms with van der Waals surface area (Å²) in [5.74, 6) is 1.40. The van der Waals surface area contributed by atoms with Crippen LogP contribution in [0.3, 0.4) is 0 Å². The van der Waals surface area contributed by atoms with Gasteiger partial charge in [-0.05, 0) is 128 Å². The van der Waals surface area contributed by atoms with Gasteiger partial charge in [-0.1, -0.05) is 138 Å². The third-order valence-corrected chi connectivity index (χ3v) is 38.4. The van der Waals surface area contributed by atoms with Crippen LogP contribution < -0.4 is 21.8 Å². The first-order valence-corrected chi connectivity index (χ1v) is 49.9. The molecule has 10 N–H and O–H groups in total. The number of aliphatic hydroxyl groups is 4. The average Bonchev–Trinajstić information content (AvgIpc) is 1.61. The monoisotopic (exact) mass is 1910 g/mol. The van der Waals surface area contributed by atoms with Gasteiger partial charge in [0.15, 0.2) is 36.3 Å². The highest BCUT2D eigenvalue weighted by Crippen LogP contribution is 2.48. The van der Waals surface area contributed by atoms with Crippen LogP contribution in [0, 0.1) is 39.2 Å². The number of rotatable bonds is 25. The van der Waals surface area contributed by atoms with Gasteiger partial charge in [-0.15, -0.1) is 11.6 Å². The number of halogens is 6. The molecule has 9 heterocycles. The number of aliphatic hydroxyl groups excluding tert-OH is 4. The lowest BCUT2D eigenvalue weighted by Gasteiger charge is -2.40. The molecule has 7 aromatic rings. The lowest BCUT2D eigenvalue weighted by atomic mass is 9.97. The number of alkyl halides is 2. The minimum absolute atomic E-state index is 0.00411. The molecule has 5 aromatic heterocycles. The minimum atomic E-state index is -2.08. The molecular weight excluding hydrogens is 1800 g/mol. The molecule has 618 valence electrons. The first-order valence-electron chi connectivity index (χ1n) is 37.2. The highest BCUT2D eigenvalue weighted by molar-refractivity contribution is 14.1. The summed E-state index contributed by atoms with van der Waals surface area (Å²) >= 11 is 30.3. The van der Waals surface area contributed by atoms with Gasteiger partial charge in [0.05, 0.1) is 95.3 Å². The molecule has 3 saturated heterocycles. The molecular formula is C74H108Cl4I2N14O15Si3. The van der Waals surface area contributed by atoms with Crippen LogP contribution in [-0.2, 0) is 51.6 Å². The van der Waals surface area contributed by atoms with E-state index in [0.29, 0.717) is 74.7 Å². The van der Waals surface area contributed by atoms with Gasteiger partial charge in [0.25, 0.3) is 11.4 Å². The molecule has 0 aliphatic carbocycles. The van der Waals surface area contributed by atoms with E-state index >= 15 is 0 Å². The average molecular weight is 1910 g/mol. The molecule has 0 saturated carbocycles. The Morgan fingerprint density at radius 1 is 0.661 bits per heavy atom. The number of nitrogen functional groups attached to an aromatic ring is 1. The summed E-state index contributed by atoms with van der Waals surface area (Å²) in [5.41, 5.74) is 15.9. The number of guanidine groups is 1. The largest absolute Gasteiger partial charge is 0.414 e. The number of benzene rings is 2. The van der Waals surface area contributed by atoms with E-state index in [-0.39, 0.29) is 113 Å². The number of anilines is 3. The summed E-state index contributed by atoms with van der Waals surface area (Å²) in [6, 6.07) is 10.1. The second-order valence-electron chi connectivity index (χ2n) is 34.1. The van der Waals surface area contributed by atoms with Crippen molar-refractivity contribution in [3.05, 3.63) is 126 Å². The Labute approximate surface area is 704 Å². The van der Waals surface area contributed by atoms with E-state index in [2.05, 4.69) is 136 Å². The van der Waals surface area contributed by atoms with E-state index in [1.165, 1.54) is 12.1 Å². The van der Waals surface area contributed by atoms with Gasteiger partial charge < -0.3 is 88.4 Å². The van der Waals surface area contributed by atoms with Gasteiger partial charge in [-0.3, -0.25) is 20.2 Å². The summed E-state index contributed by atoms with van der Waals surface area (Å²) in [5, 5.41) is 67.9. The van der Waals surface area contributed by atoms with Crippen molar-refractivity contribution in [3.63, 3.8) is 0 Å². The summed E-state index contributed by atoms with van der Waals surface area (Å²) < 4.78 is 51.7. The van der Waals surface area contributed by atoms with Gasteiger partial charge in [0.1, 0.15) is 64.4 Å². The molecule has 0 amide bonds. The van der Waals surface area contributed by atoms with Gasteiger partial charge in [-0.25, -0.2) is 15.0 Å². The first kappa shape index (κ1) is 91.4. The fourth-order valence-corrected chi connectivity index (χ4v) is 18.5. The summed E-state index contributed by atoms with van der Waals surface area (Å²) in [4.78, 5) is 48.5. The molecule has 3 fully saturated rings. The van der Waals surface area contributed by atoms with Crippen molar-refractivity contribution in [2.45, 2.75) is 256 Å². The third kappa shape index (κ3) is 20.6. The molecule has 1 unspecified atom stereocenters. The number of fused-ring (bicyclic) bond motifs is 3. The number of nitro benzene ring substituents is 2. The fraction of sp³-hybridized carbons (Fsp3) is 0.608. The number of hydrogen-bond donors (Lipinski definition) is 8. The van der Waals surface area contributed by atoms with Crippen molar-refractivity contribution in [1.29, 1.82) is 0 Å². The maximum absolute atomic E-state index is 11.7. The van der Waals surface area contributed by atoms with Crippen LogP contribution in [0.5, 0.6) is 0 Å². The maximum atomic E-state index is 11.7. The number of nitrogens with two attached hydrogens (primary N) is 2. The van der Waals surface area contributed by atoms with Crippen LogP contribution in [0.1, 0.15) is 179 Å². The van der Waals surface area contributed by atoms with E-state index in [1.54, 1.807) is 39.7 Å². The minimum Gasteiger partial charge on any atom is -0.414 e.